The molecule has 0 aliphatic rings. The first kappa shape index (κ1) is 27.5. The zero-order valence-electron chi connectivity index (χ0n) is 20.4. The number of benzene rings is 2. The number of pyridine rings is 1. The highest BCUT2D eigenvalue weighted by Gasteiger charge is 2.23. The minimum atomic E-state index is -0.755. The van der Waals surface area contributed by atoms with Crippen molar-refractivity contribution in [1.82, 2.24) is 35.0 Å². The number of carbonyl (C=O) groups is 2. The minimum Gasteiger partial charge on any atom is -0.366 e. The third-order valence-electron chi connectivity index (χ3n) is 5.68. The van der Waals surface area contributed by atoms with Gasteiger partial charge in [-0.25, -0.2) is 9.67 Å². The summed E-state index contributed by atoms with van der Waals surface area (Å²) in [5.41, 5.74) is 7.21. The molecule has 0 saturated carbocycles. The van der Waals surface area contributed by atoms with Gasteiger partial charge in [0, 0.05) is 11.2 Å². The van der Waals surface area contributed by atoms with Crippen LogP contribution >= 0.6 is 46.4 Å². The molecule has 3 N–H and O–H groups in total. The van der Waals surface area contributed by atoms with Gasteiger partial charge >= 0.3 is 0 Å². The third kappa shape index (κ3) is 5.50. The van der Waals surface area contributed by atoms with Gasteiger partial charge in [0.2, 0.25) is 5.82 Å². The summed E-state index contributed by atoms with van der Waals surface area (Å²) in [6.07, 6.45) is 1.51. The molecule has 202 valence electrons. The molecule has 5 aromatic rings. The van der Waals surface area contributed by atoms with Crippen LogP contribution in [0.15, 0.2) is 54.7 Å². The van der Waals surface area contributed by atoms with Crippen molar-refractivity contribution in [1.29, 1.82) is 0 Å². The van der Waals surface area contributed by atoms with Gasteiger partial charge in [-0.3, -0.25) is 9.59 Å². The highest BCUT2D eigenvalue weighted by Crippen LogP contribution is 2.32. The number of amides is 2. The number of carbonyl (C=O) groups excluding carboxylic acids is 2. The molecule has 15 heteroatoms. The number of nitrogens with one attached hydrogen (secondary N) is 1. The maximum atomic E-state index is 13.6. The fourth-order valence-electron chi connectivity index (χ4n) is 3.91. The summed E-state index contributed by atoms with van der Waals surface area (Å²) in [5.74, 6) is -0.936. The fraction of sp³-hybridized carbons (Fsp3) is 0.0800. The molecule has 11 nitrogen and oxygen atoms in total. The number of rotatable bonds is 7. The van der Waals surface area contributed by atoms with Gasteiger partial charge in [0.25, 0.3) is 11.8 Å². The molecule has 0 aliphatic carbocycles. The predicted molar refractivity (Wildman–Crippen MR) is 151 cm³/mol. The van der Waals surface area contributed by atoms with E-state index in [1.807, 2.05) is 0 Å². The van der Waals surface area contributed by atoms with Crippen LogP contribution in [0.25, 0.3) is 17.2 Å². The molecule has 0 fully saturated rings. The molecule has 3 heterocycles. The highest BCUT2D eigenvalue weighted by molar-refractivity contribution is 6.39. The molecule has 0 atom stereocenters. The van der Waals surface area contributed by atoms with E-state index in [4.69, 9.17) is 52.1 Å². The molecule has 0 bridgehead atoms. The first-order valence-electron chi connectivity index (χ1n) is 11.5. The average Bonchev–Trinajstić information content (AvgIpc) is 3.53. The molecule has 2 aromatic carbocycles. The van der Waals surface area contributed by atoms with Crippen molar-refractivity contribution in [3.8, 4) is 17.2 Å². The van der Waals surface area contributed by atoms with Gasteiger partial charge in [-0.1, -0.05) is 52.5 Å². The number of nitrogens with two attached hydrogens (primary N) is 1. The highest BCUT2D eigenvalue weighted by atomic mass is 35.5. The van der Waals surface area contributed by atoms with Crippen molar-refractivity contribution >= 4 is 63.9 Å². The van der Waals surface area contributed by atoms with Gasteiger partial charge in [-0.05, 0) is 60.2 Å². The summed E-state index contributed by atoms with van der Waals surface area (Å²) >= 11 is 25.0. The van der Waals surface area contributed by atoms with Crippen molar-refractivity contribution in [3.05, 3.63) is 97.3 Å². The second kappa shape index (κ2) is 11.2. The van der Waals surface area contributed by atoms with Gasteiger partial charge in [0.15, 0.2) is 5.82 Å². The number of primary amides is 1. The Labute approximate surface area is 246 Å². The summed E-state index contributed by atoms with van der Waals surface area (Å²) in [7, 11) is 0. The van der Waals surface area contributed by atoms with Crippen molar-refractivity contribution < 1.29 is 9.59 Å². The van der Waals surface area contributed by atoms with E-state index in [9.17, 15) is 9.59 Å². The predicted octanol–water partition coefficient (Wildman–Crippen LogP) is 5.24. The number of tetrazole rings is 1. The van der Waals surface area contributed by atoms with Gasteiger partial charge in [-0.2, -0.15) is 9.90 Å². The topological polar surface area (TPSA) is 146 Å². The Kier molecular flexibility index (Phi) is 7.72. The number of aromatic nitrogens is 7. The molecule has 0 saturated heterocycles. The lowest BCUT2D eigenvalue weighted by Crippen LogP contribution is -2.21. The molecule has 2 amide bonds. The second-order valence-electron chi connectivity index (χ2n) is 8.45. The van der Waals surface area contributed by atoms with Crippen LogP contribution in [0.2, 0.25) is 20.1 Å². The average molecular weight is 617 g/mol. The maximum Gasteiger partial charge on any atom is 0.274 e. The molecule has 0 aliphatic heterocycles. The number of anilines is 1. The SMILES string of the molecule is Cc1cc(Cl)cc(C(N)=O)c1NC(=O)c1cc(Cn2nnc(-c3c(Cl)cccc3Cl)n2)nn1-c1ncccc1Cl. The van der Waals surface area contributed by atoms with Crippen LogP contribution in [0.5, 0.6) is 0 Å². The number of aryl methyl sites for hydroxylation is 1. The Morgan fingerprint density at radius 1 is 0.975 bits per heavy atom. The van der Waals surface area contributed by atoms with E-state index >= 15 is 0 Å². The van der Waals surface area contributed by atoms with E-state index in [0.717, 1.165) is 0 Å². The Balaban J connectivity index is 1.52. The van der Waals surface area contributed by atoms with Crippen LogP contribution in [0.3, 0.4) is 0 Å². The molecular formula is C25H17Cl4N9O2. The smallest absolute Gasteiger partial charge is 0.274 e. The number of hydrogen-bond acceptors (Lipinski definition) is 7. The summed E-state index contributed by atoms with van der Waals surface area (Å²) in [5, 5.41) is 21.0. The third-order valence-corrected chi connectivity index (χ3v) is 6.82. The molecule has 0 radical (unpaired) electrons. The van der Waals surface area contributed by atoms with Gasteiger partial charge in [-0.15, -0.1) is 10.2 Å². The van der Waals surface area contributed by atoms with Crippen LogP contribution in [0.4, 0.5) is 5.69 Å². The van der Waals surface area contributed by atoms with E-state index in [1.165, 1.54) is 27.8 Å². The van der Waals surface area contributed by atoms with Crippen LogP contribution < -0.4 is 11.1 Å². The van der Waals surface area contributed by atoms with E-state index < -0.39 is 11.8 Å². The molecular weight excluding hydrogens is 600 g/mol. The van der Waals surface area contributed by atoms with Gasteiger partial charge < -0.3 is 11.1 Å². The van der Waals surface area contributed by atoms with Crippen molar-refractivity contribution in [2.24, 2.45) is 5.73 Å². The second-order valence-corrected chi connectivity index (χ2v) is 10.1. The monoisotopic (exact) mass is 615 g/mol. The molecule has 5 rings (SSSR count). The van der Waals surface area contributed by atoms with Crippen molar-refractivity contribution in [2.45, 2.75) is 13.5 Å². The summed E-state index contributed by atoms with van der Waals surface area (Å²) < 4.78 is 1.28. The number of hydrogen-bond donors (Lipinski definition) is 2. The summed E-state index contributed by atoms with van der Waals surface area (Å²) in [6, 6.07) is 12.8. The lowest BCUT2D eigenvalue weighted by Gasteiger charge is -2.13. The number of halogens is 4. The molecule has 0 spiro atoms. The molecule has 0 unspecified atom stereocenters. The zero-order valence-corrected chi connectivity index (χ0v) is 23.5. The van der Waals surface area contributed by atoms with Gasteiger partial charge in [0.05, 0.1) is 37.6 Å². The maximum absolute atomic E-state index is 13.6. The quantitative estimate of drug-likeness (QED) is 0.254. The Morgan fingerprint density at radius 2 is 1.70 bits per heavy atom. The van der Waals surface area contributed by atoms with Crippen LogP contribution in [0, 0.1) is 6.92 Å². The number of nitrogens with zero attached hydrogens (tertiary/aromatic N) is 7. The first-order chi connectivity index (χ1) is 19.1. The lowest BCUT2D eigenvalue weighted by atomic mass is 10.1. The Morgan fingerprint density at radius 3 is 2.40 bits per heavy atom. The van der Waals surface area contributed by atoms with E-state index in [-0.39, 0.29) is 40.2 Å². The normalized spacial score (nSPS) is 11.0. The minimum absolute atomic E-state index is 0.0271. The Bertz CT molecular complexity index is 1760. The standard InChI is InChI=1S/C25H17Cl4N9O2/c1-12-8-13(26)9-15(22(30)39)21(12)32-25(40)19-10-14(34-38(19)24-18(29)6-3-7-31-24)11-37-35-23(33-36-37)20-16(27)4-2-5-17(20)28/h2-10H,11H2,1H3,(H2,30,39)(H,32,40). The van der Waals surface area contributed by atoms with Crippen LogP contribution in [-0.4, -0.2) is 46.8 Å². The first-order valence-corrected chi connectivity index (χ1v) is 13.0. The largest absolute Gasteiger partial charge is 0.366 e. The van der Waals surface area contributed by atoms with Gasteiger partial charge in [0.1, 0.15) is 12.2 Å². The van der Waals surface area contributed by atoms with E-state index in [1.54, 1.807) is 43.3 Å². The van der Waals surface area contributed by atoms with E-state index in [2.05, 4.69) is 30.8 Å². The van der Waals surface area contributed by atoms with Crippen molar-refractivity contribution in [3.63, 3.8) is 0 Å². The lowest BCUT2D eigenvalue weighted by molar-refractivity contribution is 0.100. The molecule has 3 aromatic heterocycles. The summed E-state index contributed by atoms with van der Waals surface area (Å²) in [4.78, 5) is 31.2. The fourth-order valence-corrected chi connectivity index (χ4v) is 4.95. The molecule has 40 heavy (non-hydrogen) atoms. The van der Waals surface area contributed by atoms with Crippen LogP contribution in [-0.2, 0) is 6.54 Å². The van der Waals surface area contributed by atoms with Crippen LogP contribution in [0.1, 0.15) is 32.1 Å². The van der Waals surface area contributed by atoms with E-state index in [0.29, 0.717) is 31.9 Å². The zero-order chi connectivity index (χ0) is 28.6. The summed E-state index contributed by atoms with van der Waals surface area (Å²) in [6.45, 7) is 1.71. The van der Waals surface area contributed by atoms with Crippen molar-refractivity contribution in [2.75, 3.05) is 5.32 Å². The Hall–Kier alpha value is -4.03.